The van der Waals surface area contributed by atoms with Gasteiger partial charge in [0.15, 0.2) is 0 Å². The van der Waals surface area contributed by atoms with Crippen molar-refractivity contribution in [2.24, 2.45) is 0 Å². The van der Waals surface area contributed by atoms with Gasteiger partial charge in [0.25, 0.3) is 0 Å². The second kappa shape index (κ2) is 3.95. The molecule has 1 unspecified atom stereocenters. The molecule has 0 aliphatic carbocycles. The maximum atomic E-state index is 10.6. The highest BCUT2D eigenvalue weighted by Crippen LogP contribution is 2.11. The molecule has 1 aliphatic rings. The number of aldehydes is 1. The molecule has 0 radical (unpaired) electrons. The van der Waals surface area contributed by atoms with E-state index < -0.39 is 0 Å². The van der Waals surface area contributed by atoms with Crippen LogP contribution in [0.25, 0.3) is 0 Å². The third-order valence-electron chi connectivity index (χ3n) is 2.13. The van der Waals surface area contributed by atoms with Gasteiger partial charge in [0, 0.05) is 6.54 Å². The van der Waals surface area contributed by atoms with Crippen molar-refractivity contribution in [2.45, 2.75) is 12.5 Å². The normalized spacial score (nSPS) is 23.5. The largest absolute Gasteiger partial charge is 0.360 e. The maximum absolute atomic E-state index is 10.6. The van der Waals surface area contributed by atoms with E-state index >= 15 is 0 Å². The summed E-state index contributed by atoms with van der Waals surface area (Å²) in [7, 11) is 0. The molecule has 0 amide bonds. The Morgan fingerprint density at radius 2 is 2.08 bits per heavy atom. The molecule has 0 aromatic heterocycles. The molecule has 3 nitrogen and oxygen atoms in total. The highest BCUT2D eigenvalue weighted by atomic mass is 16.1. The summed E-state index contributed by atoms with van der Waals surface area (Å²) in [5, 5.41) is 0. The second-order valence-electron chi connectivity index (χ2n) is 2.83. The van der Waals surface area contributed by atoms with Crippen molar-refractivity contribution in [1.29, 1.82) is 0 Å². The highest BCUT2D eigenvalue weighted by molar-refractivity contribution is 5.58. The molecular weight excluding hydrogens is 152 g/mol. The third kappa shape index (κ3) is 1.67. The first-order valence-corrected chi connectivity index (χ1v) is 4.02. The number of rotatable bonds is 3. The molecule has 3 heteroatoms. The summed E-state index contributed by atoms with van der Waals surface area (Å²) < 4.78 is 0. The standard InChI is InChI=1S/C9H14N2O/c1-3-10-6-5-9(7-12)11(4-2)8-10/h3-4,7,9H,1-2,5-6,8H2. The molecule has 12 heavy (non-hydrogen) atoms. The van der Waals surface area contributed by atoms with Gasteiger partial charge in [-0.15, -0.1) is 0 Å². The topological polar surface area (TPSA) is 23.6 Å². The lowest BCUT2D eigenvalue weighted by Crippen LogP contribution is -2.46. The maximum Gasteiger partial charge on any atom is 0.142 e. The summed E-state index contributed by atoms with van der Waals surface area (Å²) in [5.74, 6) is 0. The van der Waals surface area contributed by atoms with Gasteiger partial charge in [-0.25, -0.2) is 0 Å². The van der Waals surface area contributed by atoms with Crippen LogP contribution in [0.2, 0.25) is 0 Å². The quantitative estimate of drug-likeness (QED) is 0.579. The van der Waals surface area contributed by atoms with Crippen molar-refractivity contribution in [3.8, 4) is 0 Å². The zero-order valence-corrected chi connectivity index (χ0v) is 7.15. The minimum Gasteiger partial charge on any atom is -0.360 e. The molecule has 66 valence electrons. The van der Waals surface area contributed by atoms with Crippen LogP contribution in [-0.2, 0) is 4.79 Å². The fraction of sp³-hybridized carbons (Fsp3) is 0.444. The first-order chi connectivity index (χ1) is 5.81. The Morgan fingerprint density at radius 3 is 2.58 bits per heavy atom. The van der Waals surface area contributed by atoms with Crippen LogP contribution < -0.4 is 0 Å². The average Bonchev–Trinajstić information content (AvgIpc) is 2.16. The molecule has 1 aliphatic heterocycles. The zero-order chi connectivity index (χ0) is 8.97. The predicted molar refractivity (Wildman–Crippen MR) is 48.3 cm³/mol. The van der Waals surface area contributed by atoms with Crippen molar-refractivity contribution in [3.05, 3.63) is 25.6 Å². The van der Waals surface area contributed by atoms with E-state index in [0.717, 1.165) is 25.9 Å². The van der Waals surface area contributed by atoms with E-state index in [9.17, 15) is 4.79 Å². The van der Waals surface area contributed by atoms with Gasteiger partial charge in [-0.3, -0.25) is 0 Å². The smallest absolute Gasteiger partial charge is 0.142 e. The molecule has 1 saturated heterocycles. The fourth-order valence-electron chi connectivity index (χ4n) is 1.34. The van der Waals surface area contributed by atoms with Crippen LogP contribution in [0.3, 0.4) is 0 Å². The minimum atomic E-state index is -0.00120. The Bertz CT molecular complexity index is 191. The van der Waals surface area contributed by atoms with Gasteiger partial charge in [-0.2, -0.15) is 0 Å². The number of hydrogen-bond donors (Lipinski definition) is 0. The molecule has 0 bridgehead atoms. The van der Waals surface area contributed by atoms with Crippen LogP contribution in [0.15, 0.2) is 25.6 Å². The Labute approximate surface area is 73.0 Å². The highest BCUT2D eigenvalue weighted by Gasteiger charge is 2.21. The number of hydrogen-bond acceptors (Lipinski definition) is 3. The minimum absolute atomic E-state index is 0.00120. The van der Waals surface area contributed by atoms with Gasteiger partial charge in [-0.05, 0) is 18.8 Å². The number of nitrogens with zero attached hydrogens (tertiary/aromatic N) is 2. The lowest BCUT2D eigenvalue weighted by Gasteiger charge is -2.37. The van der Waals surface area contributed by atoms with Crippen LogP contribution >= 0.6 is 0 Å². The average molecular weight is 166 g/mol. The summed E-state index contributed by atoms with van der Waals surface area (Å²) in [5.41, 5.74) is 0. The van der Waals surface area contributed by atoms with Gasteiger partial charge in [-0.1, -0.05) is 13.2 Å². The first kappa shape index (κ1) is 8.84. The van der Waals surface area contributed by atoms with E-state index in [-0.39, 0.29) is 6.04 Å². The Morgan fingerprint density at radius 1 is 1.33 bits per heavy atom. The molecule has 1 fully saturated rings. The van der Waals surface area contributed by atoms with Crippen molar-refractivity contribution >= 4 is 6.29 Å². The van der Waals surface area contributed by atoms with Crippen molar-refractivity contribution < 1.29 is 4.79 Å². The third-order valence-corrected chi connectivity index (χ3v) is 2.13. The molecule has 0 spiro atoms. The lowest BCUT2D eigenvalue weighted by molar-refractivity contribution is -0.113. The number of carbonyl (C=O) groups excluding carboxylic acids is 1. The SMILES string of the molecule is C=CN1CCC(C=O)N(C=C)C1. The first-order valence-electron chi connectivity index (χ1n) is 4.02. The van der Waals surface area contributed by atoms with Gasteiger partial charge in [0.2, 0.25) is 0 Å². The van der Waals surface area contributed by atoms with Crippen molar-refractivity contribution in [1.82, 2.24) is 9.80 Å². The molecule has 1 heterocycles. The van der Waals surface area contributed by atoms with E-state index in [1.807, 2.05) is 4.90 Å². The molecule has 0 aromatic rings. The summed E-state index contributed by atoms with van der Waals surface area (Å²) >= 11 is 0. The molecule has 0 saturated carbocycles. The molecule has 1 atom stereocenters. The zero-order valence-electron chi connectivity index (χ0n) is 7.15. The van der Waals surface area contributed by atoms with Crippen molar-refractivity contribution in [2.75, 3.05) is 13.2 Å². The van der Waals surface area contributed by atoms with Crippen molar-refractivity contribution in [3.63, 3.8) is 0 Å². The van der Waals surface area contributed by atoms with Gasteiger partial charge in [0.05, 0.1) is 12.7 Å². The van der Waals surface area contributed by atoms with Crippen LogP contribution in [0.1, 0.15) is 6.42 Å². The fourth-order valence-corrected chi connectivity index (χ4v) is 1.34. The Hall–Kier alpha value is -1.25. The van der Waals surface area contributed by atoms with E-state index in [4.69, 9.17) is 0 Å². The van der Waals surface area contributed by atoms with Gasteiger partial charge in [0.1, 0.15) is 6.29 Å². The number of carbonyl (C=O) groups is 1. The molecular formula is C9H14N2O. The van der Waals surface area contributed by atoms with E-state index in [2.05, 4.69) is 18.1 Å². The second-order valence-corrected chi connectivity index (χ2v) is 2.83. The Balaban J connectivity index is 2.58. The predicted octanol–water partition coefficient (Wildman–Crippen LogP) is 0.806. The summed E-state index contributed by atoms with van der Waals surface area (Å²) in [6, 6.07) is -0.00120. The van der Waals surface area contributed by atoms with Gasteiger partial charge < -0.3 is 14.6 Å². The molecule has 0 N–H and O–H groups in total. The van der Waals surface area contributed by atoms with Crippen LogP contribution in [0.5, 0.6) is 0 Å². The van der Waals surface area contributed by atoms with E-state index in [1.54, 1.807) is 12.4 Å². The van der Waals surface area contributed by atoms with E-state index in [1.165, 1.54) is 0 Å². The van der Waals surface area contributed by atoms with Crippen LogP contribution in [0.4, 0.5) is 0 Å². The monoisotopic (exact) mass is 166 g/mol. The lowest BCUT2D eigenvalue weighted by atomic mass is 10.1. The summed E-state index contributed by atoms with van der Waals surface area (Å²) in [4.78, 5) is 14.6. The molecule has 1 rings (SSSR count). The summed E-state index contributed by atoms with van der Waals surface area (Å²) in [6.07, 6.45) is 5.32. The van der Waals surface area contributed by atoms with Gasteiger partial charge >= 0.3 is 0 Å². The van der Waals surface area contributed by atoms with E-state index in [0.29, 0.717) is 0 Å². The Kier molecular flexibility index (Phi) is 2.91. The van der Waals surface area contributed by atoms with Crippen LogP contribution in [0, 0.1) is 0 Å². The van der Waals surface area contributed by atoms with Crippen LogP contribution in [-0.4, -0.2) is 35.3 Å². The summed E-state index contributed by atoms with van der Waals surface area (Å²) in [6.45, 7) is 8.96. The molecule has 0 aromatic carbocycles.